The van der Waals surface area contributed by atoms with Gasteiger partial charge in [0.15, 0.2) is 0 Å². The highest BCUT2D eigenvalue weighted by atomic mass is 19.1. The van der Waals surface area contributed by atoms with E-state index in [9.17, 15) is 13.6 Å². The van der Waals surface area contributed by atoms with Gasteiger partial charge < -0.3 is 10.6 Å². The van der Waals surface area contributed by atoms with E-state index in [4.69, 9.17) is 5.73 Å². The normalized spacial score (nSPS) is 10.4. The molecule has 3 nitrogen and oxygen atoms in total. The van der Waals surface area contributed by atoms with Crippen molar-refractivity contribution in [3.63, 3.8) is 0 Å². The highest BCUT2D eigenvalue weighted by molar-refractivity contribution is 5.99. The van der Waals surface area contributed by atoms with E-state index in [2.05, 4.69) is 0 Å². The van der Waals surface area contributed by atoms with Crippen molar-refractivity contribution in [3.8, 4) is 0 Å². The van der Waals surface area contributed by atoms with E-state index in [1.807, 2.05) is 6.92 Å². The first-order valence-corrected chi connectivity index (χ1v) is 6.60. The van der Waals surface area contributed by atoms with Crippen LogP contribution < -0.4 is 5.73 Å². The van der Waals surface area contributed by atoms with Crippen LogP contribution in [0.2, 0.25) is 0 Å². The maximum atomic E-state index is 13.2. The maximum absolute atomic E-state index is 13.2. The Morgan fingerprint density at radius 1 is 1.14 bits per heavy atom. The van der Waals surface area contributed by atoms with Crippen LogP contribution >= 0.6 is 0 Å². The van der Waals surface area contributed by atoms with Gasteiger partial charge in [-0.2, -0.15) is 0 Å². The molecule has 5 heteroatoms. The van der Waals surface area contributed by atoms with Crippen molar-refractivity contribution >= 4 is 11.6 Å². The van der Waals surface area contributed by atoms with E-state index in [1.165, 1.54) is 29.2 Å². The summed E-state index contributed by atoms with van der Waals surface area (Å²) in [6.07, 6.45) is 0. The number of nitrogens with zero attached hydrogens (tertiary/aromatic N) is 1. The molecular weight excluding hydrogens is 274 g/mol. The van der Waals surface area contributed by atoms with E-state index in [-0.39, 0.29) is 29.5 Å². The van der Waals surface area contributed by atoms with Crippen molar-refractivity contribution in [1.29, 1.82) is 0 Å². The number of nitrogens with two attached hydrogens (primary N) is 1. The molecule has 0 heterocycles. The molecule has 21 heavy (non-hydrogen) atoms. The van der Waals surface area contributed by atoms with Crippen molar-refractivity contribution in [1.82, 2.24) is 4.90 Å². The quantitative estimate of drug-likeness (QED) is 0.879. The van der Waals surface area contributed by atoms with Crippen molar-refractivity contribution in [2.45, 2.75) is 13.5 Å². The molecule has 0 saturated carbocycles. The number of nitrogen functional groups attached to an aromatic ring is 1. The Bertz CT molecular complexity index is 658. The van der Waals surface area contributed by atoms with Crippen LogP contribution in [-0.2, 0) is 6.54 Å². The van der Waals surface area contributed by atoms with Crippen LogP contribution in [-0.4, -0.2) is 17.4 Å². The third-order valence-electron chi connectivity index (χ3n) is 3.18. The van der Waals surface area contributed by atoms with Gasteiger partial charge in [0.1, 0.15) is 11.6 Å². The summed E-state index contributed by atoms with van der Waals surface area (Å²) in [5.74, 6) is -1.14. The summed E-state index contributed by atoms with van der Waals surface area (Å²) >= 11 is 0. The van der Waals surface area contributed by atoms with E-state index < -0.39 is 5.82 Å². The van der Waals surface area contributed by atoms with Crippen LogP contribution in [0, 0.1) is 11.6 Å². The largest absolute Gasteiger partial charge is 0.398 e. The number of hydrogen-bond donors (Lipinski definition) is 1. The molecule has 0 aliphatic rings. The molecule has 0 aromatic heterocycles. The zero-order valence-corrected chi connectivity index (χ0v) is 11.6. The lowest BCUT2D eigenvalue weighted by Gasteiger charge is -2.22. The Balaban J connectivity index is 2.22. The molecule has 0 saturated heterocycles. The zero-order valence-electron chi connectivity index (χ0n) is 11.6. The predicted molar refractivity (Wildman–Crippen MR) is 77.6 cm³/mol. The van der Waals surface area contributed by atoms with Gasteiger partial charge in [-0.1, -0.05) is 12.1 Å². The smallest absolute Gasteiger partial charge is 0.256 e. The van der Waals surface area contributed by atoms with E-state index in [0.29, 0.717) is 12.1 Å². The molecule has 2 N–H and O–H groups in total. The van der Waals surface area contributed by atoms with Gasteiger partial charge in [0.25, 0.3) is 5.91 Å². The molecule has 0 unspecified atom stereocenters. The SMILES string of the molecule is CCN(Cc1cccc(F)c1)C(=O)c1ccc(F)cc1N. The van der Waals surface area contributed by atoms with Crippen molar-refractivity contribution in [2.24, 2.45) is 0 Å². The summed E-state index contributed by atoms with van der Waals surface area (Å²) < 4.78 is 26.2. The first-order chi connectivity index (χ1) is 10.0. The minimum Gasteiger partial charge on any atom is -0.398 e. The fourth-order valence-corrected chi connectivity index (χ4v) is 2.08. The van der Waals surface area contributed by atoms with Gasteiger partial charge in [0.2, 0.25) is 0 Å². The molecule has 2 rings (SSSR count). The van der Waals surface area contributed by atoms with Gasteiger partial charge in [-0.15, -0.1) is 0 Å². The Kier molecular flexibility index (Phi) is 4.52. The van der Waals surface area contributed by atoms with E-state index in [0.717, 1.165) is 6.07 Å². The summed E-state index contributed by atoms with van der Waals surface area (Å²) in [4.78, 5) is 14.0. The zero-order chi connectivity index (χ0) is 15.4. The third kappa shape index (κ3) is 3.56. The van der Waals surface area contributed by atoms with Gasteiger partial charge in [0, 0.05) is 18.8 Å². The van der Waals surface area contributed by atoms with Gasteiger partial charge in [-0.25, -0.2) is 8.78 Å². The van der Waals surface area contributed by atoms with E-state index in [1.54, 1.807) is 12.1 Å². The maximum Gasteiger partial charge on any atom is 0.256 e. The fourth-order valence-electron chi connectivity index (χ4n) is 2.08. The average Bonchev–Trinajstić information content (AvgIpc) is 2.44. The lowest BCUT2D eigenvalue weighted by atomic mass is 10.1. The van der Waals surface area contributed by atoms with Gasteiger partial charge >= 0.3 is 0 Å². The van der Waals surface area contributed by atoms with Crippen molar-refractivity contribution < 1.29 is 13.6 Å². The average molecular weight is 290 g/mol. The minimum atomic E-state index is -0.489. The summed E-state index contributed by atoms with van der Waals surface area (Å²) in [7, 11) is 0. The summed E-state index contributed by atoms with van der Waals surface area (Å²) in [5, 5.41) is 0. The molecule has 0 aliphatic carbocycles. The second-order valence-electron chi connectivity index (χ2n) is 4.68. The minimum absolute atomic E-state index is 0.0951. The van der Waals surface area contributed by atoms with Gasteiger partial charge in [-0.3, -0.25) is 4.79 Å². The summed E-state index contributed by atoms with van der Waals surface area (Å²) in [6, 6.07) is 9.73. The van der Waals surface area contributed by atoms with Gasteiger partial charge in [-0.05, 0) is 42.8 Å². The molecule has 0 radical (unpaired) electrons. The lowest BCUT2D eigenvalue weighted by Crippen LogP contribution is -2.31. The van der Waals surface area contributed by atoms with Crippen molar-refractivity contribution in [3.05, 3.63) is 65.2 Å². The second kappa shape index (κ2) is 6.35. The molecule has 2 aromatic carbocycles. The van der Waals surface area contributed by atoms with Crippen molar-refractivity contribution in [2.75, 3.05) is 12.3 Å². The third-order valence-corrected chi connectivity index (χ3v) is 3.18. The molecule has 2 aromatic rings. The Labute approximate surface area is 122 Å². The molecule has 0 bridgehead atoms. The predicted octanol–water partition coefficient (Wildman–Crippen LogP) is 3.21. The van der Waals surface area contributed by atoms with Crippen LogP contribution in [0.3, 0.4) is 0 Å². The number of carbonyl (C=O) groups excluding carboxylic acids is 1. The summed E-state index contributed by atoms with van der Waals surface area (Å²) in [6.45, 7) is 2.52. The van der Waals surface area contributed by atoms with E-state index >= 15 is 0 Å². The second-order valence-corrected chi connectivity index (χ2v) is 4.68. The standard InChI is InChI=1S/C16H16F2N2O/c1-2-20(10-11-4-3-5-12(17)8-11)16(21)14-7-6-13(18)9-15(14)19/h3-9H,2,10,19H2,1H3. The van der Waals surface area contributed by atoms with Crippen LogP contribution in [0.4, 0.5) is 14.5 Å². The number of rotatable bonds is 4. The molecule has 0 spiro atoms. The number of anilines is 1. The van der Waals surface area contributed by atoms with Crippen LogP contribution in [0.1, 0.15) is 22.8 Å². The Hall–Kier alpha value is -2.43. The van der Waals surface area contributed by atoms with Crippen LogP contribution in [0.15, 0.2) is 42.5 Å². The Morgan fingerprint density at radius 3 is 2.48 bits per heavy atom. The number of amides is 1. The molecular formula is C16H16F2N2O. The lowest BCUT2D eigenvalue weighted by molar-refractivity contribution is 0.0753. The molecule has 1 amide bonds. The first-order valence-electron chi connectivity index (χ1n) is 6.60. The summed E-state index contributed by atoms with van der Waals surface area (Å²) in [5.41, 5.74) is 6.71. The number of benzene rings is 2. The highest BCUT2D eigenvalue weighted by Crippen LogP contribution is 2.17. The molecule has 110 valence electrons. The molecule has 0 aliphatic heterocycles. The fraction of sp³-hybridized carbons (Fsp3) is 0.188. The number of hydrogen-bond acceptors (Lipinski definition) is 2. The number of carbonyl (C=O) groups is 1. The van der Waals surface area contributed by atoms with Crippen LogP contribution in [0.25, 0.3) is 0 Å². The molecule has 0 atom stereocenters. The Morgan fingerprint density at radius 2 is 1.86 bits per heavy atom. The molecule has 0 fully saturated rings. The number of halogens is 2. The van der Waals surface area contributed by atoms with Gasteiger partial charge in [0.05, 0.1) is 5.56 Å². The van der Waals surface area contributed by atoms with Crippen LogP contribution in [0.5, 0.6) is 0 Å². The topological polar surface area (TPSA) is 46.3 Å². The highest BCUT2D eigenvalue weighted by Gasteiger charge is 2.17. The first kappa shape index (κ1) is 15.0. The monoisotopic (exact) mass is 290 g/mol.